The van der Waals surface area contributed by atoms with Gasteiger partial charge in [-0.3, -0.25) is 24.2 Å². The fourth-order valence-electron chi connectivity index (χ4n) is 14.6. The average molecular weight is 1670 g/mol. The van der Waals surface area contributed by atoms with Gasteiger partial charge in [0.25, 0.3) is 17.7 Å². The summed E-state index contributed by atoms with van der Waals surface area (Å²) in [5.41, 5.74) is -0.388. The molecule has 3 amide bonds. The number of hydrogen-bond donors (Lipinski definition) is 6. The van der Waals surface area contributed by atoms with E-state index in [0.717, 1.165) is 74.7 Å². The minimum Gasteiger partial charge on any atom is -0.477 e. The Labute approximate surface area is 688 Å². The van der Waals surface area contributed by atoms with Crippen LogP contribution in [0.4, 0.5) is 92.8 Å². The summed E-state index contributed by atoms with van der Waals surface area (Å²) in [6, 6.07) is 19.6. The van der Waals surface area contributed by atoms with E-state index in [9.17, 15) is 53.9 Å². The summed E-state index contributed by atoms with van der Waals surface area (Å²) in [4.78, 5) is 68.6. The molecular formula is C86H95F12N17O5. The SMILES string of the molecule is C=C1C=C(C(F)(F)F)C(C(=O)Nc2cc(-c3ccc(OCC4CC4)nc3)c(F)cc2N2C[C@@H](C)N(C)[C@@H](C)C2)=CN1.C=C1C=C(C(F)(F)F)C(C(=O)Nc2cc(-c3cccc(CN4CCOCC4)c3)c(F)cc2N2CCC(N(C)C)C2)=CN1.C=C1C=C(C(F)(F)F)C(C(=O)Nc2cc(-c3cnc(N(C)C)nc3)c(F)cc2N2CCN(C)CC2)=CN1. The topological polar surface area (TPSA) is 206 Å². The summed E-state index contributed by atoms with van der Waals surface area (Å²) >= 11 is 0. The number of hydrogen-bond acceptors (Lipinski definition) is 19. The number of aromatic nitrogens is 3. The minimum atomic E-state index is -4.78. The van der Waals surface area contributed by atoms with Crippen molar-refractivity contribution in [3.8, 4) is 39.3 Å². The molecule has 0 radical (unpaired) electrons. The molecule has 2 aromatic heterocycles. The van der Waals surface area contributed by atoms with Crippen LogP contribution in [0.15, 0.2) is 198 Å². The van der Waals surface area contributed by atoms with Crippen LogP contribution in [0.5, 0.6) is 5.88 Å². The number of pyridine rings is 1. The van der Waals surface area contributed by atoms with Gasteiger partial charge in [0, 0.05) is 192 Å². The van der Waals surface area contributed by atoms with E-state index in [4.69, 9.17) is 9.47 Å². The van der Waals surface area contributed by atoms with Gasteiger partial charge in [0.05, 0.1) is 87.4 Å². The predicted molar refractivity (Wildman–Crippen MR) is 440 cm³/mol. The highest BCUT2D eigenvalue weighted by Crippen LogP contribution is 2.44. The maximum absolute atomic E-state index is 15.8. The van der Waals surface area contributed by atoms with Crippen molar-refractivity contribution in [2.45, 2.75) is 76.3 Å². The Morgan fingerprint density at radius 2 is 0.983 bits per heavy atom. The zero-order valence-corrected chi connectivity index (χ0v) is 67.6. The average Bonchev–Trinajstić information content (AvgIpc) is 1.24. The largest absolute Gasteiger partial charge is 0.477 e. The third kappa shape index (κ3) is 21.6. The Morgan fingerprint density at radius 3 is 1.42 bits per heavy atom. The summed E-state index contributed by atoms with van der Waals surface area (Å²) in [5.74, 6) is -3.12. The monoisotopic (exact) mass is 1670 g/mol. The smallest absolute Gasteiger partial charge is 0.417 e. The molecule has 0 bridgehead atoms. The lowest BCUT2D eigenvalue weighted by molar-refractivity contribution is -0.115. The van der Waals surface area contributed by atoms with Crippen LogP contribution in [0.25, 0.3) is 33.4 Å². The summed E-state index contributed by atoms with van der Waals surface area (Å²) in [6.07, 6.45) is -1.53. The van der Waals surface area contributed by atoms with E-state index in [1.165, 1.54) is 55.0 Å². The van der Waals surface area contributed by atoms with Gasteiger partial charge in [-0.15, -0.1) is 0 Å². The molecule has 9 heterocycles. The second-order valence-corrected chi connectivity index (χ2v) is 31.1. The molecule has 0 spiro atoms. The molecular weight excluding hydrogens is 1580 g/mol. The van der Waals surface area contributed by atoms with Gasteiger partial charge < -0.3 is 70.8 Å². The maximum atomic E-state index is 15.8. The van der Waals surface area contributed by atoms with Gasteiger partial charge in [-0.05, 0) is 145 Å². The lowest BCUT2D eigenvalue weighted by Gasteiger charge is -2.44. The number of anilines is 7. The molecule has 3 atom stereocenters. The number of allylic oxidation sites excluding steroid dienone is 3. The number of likely N-dealkylation sites (N-methyl/N-ethyl adjacent to an activating group) is 3. The molecule has 5 fully saturated rings. The number of nitrogens with one attached hydrogen (secondary N) is 6. The molecule has 4 aromatic carbocycles. The van der Waals surface area contributed by atoms with Crippen LogP contribution in [0.3, 0.4) is 0 Å². The van der Waals surface area contributed by atoms with Gasteiger partial charge in [-0.25, -0.2) is 28.1 Å². The molecule has 1 aliphatic carbocycles. The normalized spacial score (nSPS) is 19.5. The van der Waals surface area contributed by atoms with Crippen LogP contribution >= 0.6 is 0 Å². The quantitative estimate of drug-likeness (QED) is 0.0417. The van der Waals surface area contributed by atoms with Crippen LogP contribution in [-0.4, -0.2) is 216 Å². The van der Waals surface area contributed by atoms with Gasteiger partial charge >= 0.3 is 18.5 Å². The van der Waals surface area contributed by atoms with Crippen molar-refractivity contribution >= 4 is 57.8 Å². The van der Waals surface area contributed by atoms with Crippen LogP contribution in [0, 0.1) is 23.4 Å². The van der Waals surface area contributed by atoms with E-state index < -0.39 is 87.1 Å². The fourth-order valence-corrected chi connectivity index (χ4v) is 14.6. The lowest BCUT2D eigenvalue weighted by atomic mass is 9.99. The zero-order chi connectivity index (χ0) is 86.4. The number of piperazine rings is 2. The van der Waals surface area contributed by atoms with E-state index in [0.29, 0.717) is 130 Å². The molecule has 6 N–H and O–H groups in total. The minimum absolute atomic E-state index is 0.00670. The Kier molecular flexibility index (Phi) is 27.1. The summed E-state index contributed by atoms with van der Waals surface area (Å²) in [5, 5.41) is 15.6. The second-order valence-electron chi connectivity index (χ2n) is 31.1. The fraction of sp³-hybridized carbons (Fsp3) is 0.372. The number of nitrogens with zero attached hydrogens (tertiary/aromatic N) is 11. The molecule has 8 aliphatic rings. The van der Waals surface area contributed by atoms with Crippen LogP contribution in [0.1, 0.15) is 38.7 Å². The molecule has 1 saturated carbocycles. The Bertz CT molecular complexity index is 5050. The Hall–Kier alpha value is -11.5. The van der Waals surface area contributed by atoms with E-state index in [1.807, 2.05) is 74.9 Å². The molecule has 22 nitrogen and oxygen atoms in total. The summed E-state index contributed by atoms with van der Waals surface area (Å²) < 4.78 is 182. The van der Waals surface area contributed by atoms with Crippen molar-refractivity contribution < 1.29 is 76.5 Å². The number of rotatable bonds is 19. The van der Waals surface area contributed by atoms with E-state index >= 15 is 13.2 Å². The molecule has 14 rings (SSSR count). The molecule has 1 unspecified atom stereocenters. The number of dihydropyridines is 3. The first-order chi connectivity index (χ1) is 56.8. The van der Waals surface area contributed by atoms with Gasteiger partial charge in [0.1, 0.15) is 17.5 Å². The standard InChI is InChI=1S/C31H35F4N5O2.C30H33F4N5O2.C25H27F4N7O/c1-20-13-26(31(33,34)35)25(17-36-20)30(41)37-28-15-24(27(32)16-29(28)40-8-7-23(19-40)38(2)3)22-6-4-5-21(14-22)18-39-9-11-42-12-10-39;1-17-9-24(30(32,33)34)23(13-35-17)29(40)37-26-10-22(21-7-8-28(36-12-21)41-16-20-5-6-20)25(31)11-27(26)39-14-18(2)38(4)19(3)15-39;1-15-9-19(25(27,28)29)18(14-30-15)23(37)33-21-10-17(16-12-31-24(32-13-16)34(2)3)20(26)11-22(21)36-7-5-35(4)6-8-36/h4-6,13-17,23,36H,1,7-12,18-19H2,2-3H3,(H,37,41);7-13,18-20,35H,1,5-6,14-16H2,2-4H3,(H,37,40);9-14,30H,1,5-8H2,2-4H3,(H,33,37)/t;18-,19+;. The van der Waals surface area contributed by atoms with Crippen molar-refractivity contribution in [3.63, 3.8) is 0 Å². The van der Waals surface area contributed by atoms with Crippen LogP contribution < -0.4 is 56.2 Å². The van der Waals surface area contributed by atoms with Crippen molar-refractivity contribution in [2.24, 2.45) is 5.92 Å². The number of morpholine rings is 1. The van der Waals surface area contributed by atoms with Crippen molar-refractivity contribution in [1.82, 2.24) is 50.5 Å². The van der Waals surface area contributed by atoms with Gasteiger partial charge in [-0.1, -0.05) is 37.9 Å². The number of amides is 3. The number of carbonyl (C=O) groups is 3. The van der Waals surface area contributed by atoms with Gasteiger partial charge in [0.2, 0.25) is 11.8 Å². The summed E-state index contributed by atoms with van der Waals surface area (Å²) in [6.45, 7) is 23.5. The van der Waals surface area contributed by atoms with Crippen molar-refractivity contribution in [3.05, 3.63) is 221 Å². The van der Waals surface area contributed by atoms with E-state index in [1.54, 1.807) is 37.2 Å². The van der Waals surface area contributed by atoms with Crippen LogP contribution in [0.2, 0.25) is 0 Å². The highest BCUT2D eigenvalue weighted by Gasteiger charge is 2.44. The third-order valence-corrected chi connectivity index (χ3v) is 21.8. The number of alkyl halides is 9. The van der Waals surface area contributed by atoms with Gasteiger partial charge in [0.15, 0.2) is 0 Å². The lowest BCUT2D eigenvalue weighted by Crippen LogP contribution is -2.55. The van der Waals surface area contributed by atoms with Crippen molar-refractivity contribution in [2.75, 3.05) is 163 Å². The molecule has 638 valence electrons. The van der Waals surface area contributed by atoms with E-state index in [-0.39, 0.29) is 69.0 Å². The molecule has 7 aliphatic heterocycles. The molecule has 4 saturated heterocycles. The number of ether oxygens (including phenoxy) is 2. The molecule has 6 aromatic rings. The highest BCUT2D eigenvalue weighted by atomic mass is 19.4. The second kappa shape index (κ2) is 37.0. The highest BCUT2D eigenvalue weighted by molar-refractivity contribution is 6.11. The Balaban J connectivity index is 0.000000165. The summed E-state index contributed by atoms with van der Waals surface area (Å²) in [7, 11) is 11.4. The zero-order valence-electron chi connectivity index (χ0n) is 67.6. The maximum Gasteiger partial charge on any atom is 0.417 e. The number of carbonyl (C=O) groups excluding carboxylic acids is 3. The third-order valence-electron chi connectivity index (χ3n) is 21.8. The molecule has 120 heavy (non-hydrogen) atoms. The van der Waals surface area contributed by atoms with Crippen molar-refractivity contribution in [1.29, 1.82) is 0 Å². The Morgan fingerprint density at radius 1 is 0.533 bits per heavy atom. The number of benzene rings is 4. The first kappa shape index (κ1) is 87.8. The first-order valence-electron chi connectivity index (χ1n) is 38.9. The molecule has 34 heteroatoms. The first-order valence-corrected chi connectivity index (χ1v) is 38.9. The number of halogens is 12. The van der Waals surface area contributed by atoms with Crippen LogP contribution in [-0.2, 0) is 25.7 Å². The predicted octanol–water partition coefficient (Wildman–Crippen LogP) is 14.1. The van der Waals surface area contributed by atoms with E-state index in [2.05, 4.69) is 86.2 Å². The van der Waals surface area contributed by atoms with Gasteiger partial charge in [-0.2, -0.15) is 39.5 Å².